The second-order valence-corrected chi connectivity index (χ2v) is 7.95. The van der Waals surface area contributed by atoms with Gasteiger partial charge in [0, 0.05) is 35.3 Å². The Bertz CT molecular complexity index is 1360. The highest BCUT2D eigenvalue weighted by Crippen LogP contribution is 2.29. The lowest BCUT2D eigenvalue weighted by Gasteiger charge is -2.09. The van der Waals surface area contributed by atoms with Gasteiger partial charge < -0.3 is 15.1 Å². The number of carbonyl (C=O) groups is 2. The maximum atomic E-state index is 12.6. The minimum atomic E-state index is -4.47. The zero-order valence-electron chi connectivity index (χ0n) is 19.1. The van der Waals surface area contributed by atoms with Crippen molar-refractivity contribution in [2.75, 3.05) is 13.1 Å². The molecule has 7 nitrogen and oxygen atoms in total. The number of alkyl halides is 3. The molecule has 3 aromatic carbocycles. The zero-order chi connectivity index (χ0) is 25.7. The molecule has 0 spiro atoms. The Morgan fingerprint density at radius 3 is 1.83 bits per heavy atom. The summed E-state index contributed by atoms with van der Waals surface area (Å²) < 4.78 is 43.6. The molecule has 4 aromatic rings. The number of nitrogens with zero attached hydrogens (tertiary/aromatic N) is 2. The van der Waals surface area contributed by atoms with Gasteiger partial charge in [0.15, 0.2) is 0 Å². The third-order valence-electron chi connectivity index (χ3n) is 5.25. The van der Waals surface area contributed by atoms with Crippen LogP contribution in [0.3, 0.4) is 0 Å². The van der Waals surface area contributed by atoms with Gasteiger partial charge in [0.2, 0.25) is 11.8 Å². The molecule has 1 aromatic heterocycles. The van der Waals surface area contributed by atoms with E-state index in [1.807, 2.05) is 31.2 Å². The van der Waals surface area contributed by atoms with Gasteiger partial charge in [0.1, 0.15) is 0 Å². The maximum Gasteiger partial charge on any atom is 0.416 e. The van der Waals surface area contributed by atoms with Crippen molar-refractivity contribution in [3.8, 4) is 22.9 Å². The van der Waals surface area contributed by atoms with Crippen molar-refractivity contribution in [1.82, 2.24) is 20.8 Å². The molecule has 0 aliphatic rings. The van der Waals surface area contributed by atoms with Gasteiger partial charge in [-0.05, 0) is 67.6 Å². The molecule has 2 amide bonds. The fourth-order valence-electron chi connectivity index (χ4n) is 3.37. The lowest BCUT2D eigenvalue weighted by molar-refractivity contribution is -0.137. The molecule has 0 unspecified atom stereocenters. The molecule has 0 radical (unpaired) electrons. The van der Waals surface area contributed by atoms with Crippen molar-refractivity contribution >= 4 is 11.8 Å². The summed E-state index contributed by atoms with van der Waals surface area (Å²) in [5, 5.41) is 13.4. The van der Waals surface area contributed by atoms with Crippen molar-refractivity contribution < 1.29 is 27.2 Å². The van der Waals surface area contributed by atoms with Gasteiger partial charge in [-0.3, -0.25) is 9.59 Å². The first-order chi connectivity index (χ1) is 17.2. The molecule has 10 heteroatoms. The molecule has 0 bridgehead atoms. The molecule has 0 saturated carbocycles. The summed E-state index contributed by atoms with van der Waals surface area (Å²) in [5.74, 6) is -0.165. The third kappa shape index (κ3) is 5.96. The van der Waals surface area contributed by atoms with Crippen molar-refractivity contribution in [3.05, 3.63) is 95.1 Å². The lowest BCUT2D eigenvalue weighted by atomic mass is 10.1. The smallest absolute Gasteiger partial charge is 0.416 e. The van der Waals surface area contributed by atoms with Crippen molar-refractivity contribution in [3.63, 3.8) is 0 Å². The van der Waals surface area contributed by atoms with E-state index in [9.17, 15) is 22.8 Å². The van der Waals surface area contributed by atoms with Crippen LogP contribution in [-0.4, -0.2) is 35.1 Å². The van der Waals surface area contributed by atoms with E-state index in [-0.39, 0.29) is 24.6 Å². The van der Waals surface area contributed by atoms with E-state index in [4.69, 9.17) is 4.42 Å². The quantitative estimate of drug-likeness (QED) is 0.357. The highest BCUT2D eigenvalue weighted by atomic mass is 19.4. The fraction of sp³-hybridized carbons (Fsp3) is 0.154. The van der Waals surface area contributed by atoms with Gasteiger partial charge >= 0.3 is 6.18 Å². The molecule has 0 aliphatic heterocycles. The molecule has 4 rings (SSSR count). The van der Waals surface area contributed by atoms with Gasteiger partial charge in [-0.1, -0.05) is 17.7 Å². The number of amides is 2. The van der Waals surface area contributed by atoms with Crippen LogP contribution in [0.15, 0.2) is 77.2 Å². The van der Waals surface area contributed by atoms with E-state index < -0.39 is 17.6 Å². The topological polar surface area (TPSA) is 97.1 Å². The summed E-state index contributed by atoms with van der Waals surface area (Å²) in [6, 6.07) is 18.2. The summed E-state index contributed by atoms with van der Waals surface area (Å²) in [5.41, 5.74) is 2.20. The zero-order valence-corrected chi connectivity index (χ0v) is 19.1. The molecule has 184 valence electrons. The average Bonchev–Trinajstić information content (AvgIpc) is 3.36. The largest absolute Gasteiger partial charge is 0.416 e. The van der Waals surface area contributed by atoms with Crippen LogP contribution in [0.25, 0.3) is 22.9 Å². The predicted octanol–water partition coefficient (Wildman–Crippen LogP) is 4.89. The van der Waals surface area contributed by atoms with Gasteiger partial charge in [-0.15, -0.1) is 10.2 Å². The number of carbonyl (C=O) groups excluding carboxylic acids is 2. The van der Waals surface area contributed by atoms with Gasteiger partial charge in [0.05, 0.1) is 5.56 Å². The van der Waals surface area contributed by atoms with E-state index in [2.05, 4.69) is 20.8 Å². The maximum absolute atomic E-state index is 12.6. The molecule has 36 heavy (non-hydrogen) atoms. The van der Waals surface area contributed by atoms with Gasteiger partial charge in [-0.2, -0.15) is 13.2 Å². The second-order valence-electron chi connectivity index (χ2n) is 7.95. The standard InChI is InChI=1S/C26H21F3N4O3/c1-16-3-2-4-20(15-16)25-33-32-24(36-25)19-7-5-17(6-8-19)22(34)30-13-14-31-23(35)18-9-11-21(12-10-18)26(27,28)29/h2-12,15H,13-14H2,1H3,(H,30,34)(H,31,35). The minimum absolute atomic E-state index is 0.0940. The highest BCUT2D eigenvalue weighted by Gasteiger charge is 2.30. The summed E-state index contributed by atoms with van der Waals surface area (Å²) in [4.78, 5) is 24.5. The number of nitrogens with one attached hydrogen (secondary N) is 2. The Balaban J connectivity index is 1.27. The Morgan fingerprint density at radius 1 is 0.778 bits per heavy atom. The third-order valence-corrected chi connectivity index (χ3v) is 5.25. The first kappa shape index (κ1) is 24.6. The number of rotatable bonds is 7. The fourth-order valence-corrected chi connectivity index (χ4v) is 3.37. The van der Waals surface area contributed by atoms with Crippen LogP contribution in [0, 0.1) is 6.92 Å². The summed E-state index contributed by atoms with van der Waals surface area (Å²) >= 11 is 0. The lowest BCUT2D eigenvalue weighted by Crippen LogP contribution is -2.34. The molecule has 0 fully saturated rings. The molecule has 0 saturated heterocycles. The Labute approximate surface area is 204 Å². The number of aryl methyl sites for hydroxylation is 1. The molecular formula is C26H21F3N4O3. The predicted molar refractivity (Wildman–Crippen MR) is 126 cm³/mol. The van der Waals surface area contributed by atoms with Crippen LogP contribution in [0.1, 0.15) is 31.8 Å². The van der Waals surface area contributed by atoms with E-state index in [0.717, 1.165) is 35.4 Å². The summed E-state index contributed by atoms with van der Waals surface area (Å²) in [6.07, 6.45) is -4.47. The number of benzene rings is 3. The average molecular weight is 494 g/mol. The summed E-state index contributed by atoms with van der Waals surface area (Å²) in [6.45, 7) is 2.21. The molecule has 0 aliphatic carbocycles. The molecule has 1 heterocycles. The van der Waals surface area contributed by atoms with Gasteiger partial charge in [0.25, 0.3) is 11.8 Å². The van der Waals surface area contributed by atoms with Crippen LogP contribution < -0.4 is 10.6 Å². The van der Waals surface area contributed by atoms with Gasteiger partial charge in [-0.25, -0.2) is 0 Å². The first-order valence-corrected chi connectivity index (χ1v) is 11.0. The monoisotopic (exact) mass is 494 g/mol. The van der Waals surface area contributed by atoms with E-state index in [1.165, 1.54) is 0 Å². The highest BCUT2D eigenvalue weighted by molar-refractivity contribution is 5.95. The molecule has 0 atom stereocenters. The Hall–Kier alpha value is -4.47. The SMILES string of the molecule is Cc1cccc(-c2nnc(-c3ccc(C(=O)NCCNC(=O)c4ccc(C(F)(F)F)cc4)cc3)o2)c1. The normalized spacial score (nSPS) is 11.2. The van der Waals surface area contributed by atoms with Crippen LogP contribution in [0.5, 0.6) is 0 Å². The van der Waals surface area contributed by atoms with E-state index in [0.29, 0.717) is 22.9 Å². The Morgan fingerprint density at radius 2 is 1.31 bits per heavy atom. The van der Waals surface area contributed by atoms with Crippen molar-refractivity contribution in [1.29, 1.82) is 0 Å². The number of aromatic nitrogens is 2. The number of hydrogen-bond acceptors (Lipinski definition) is 5. The van der Waals surface area contributed by atoms with Crippen LogP contribution in [0.4, 0.5) is 13.2 Å². The van der Waals surface area contributed by atoms with Crippen LogP contribution in [0.2, 0.25) is 0 Å². The molecular weight excluding hydrogens is 473 g/mol. The first-order valence-electron chi connectivity index (χ1n) is 11.0. The van der Waals surface area contributed by atoms with Crippen LogP contribution >= 0.6 is 0 Å². The van der Waals surface area contributed by atoms with E-state index >= 15 is 0 Å². The van der Waals surface area contributed by atoms with E-state index in [1.54, 1.807) is 24.3 Å². The Kier molecular flexibility index (Phi) is 7.14. The van der Waals surface area contributed by atoms with Crippen molar-refractivity contribution in [2.24, 2.45) is 0 Å². The summed E-state index contributed by atoms with van der Waals surface area (Å²) in [7, 11) is 0. The second kappa shape index (κ2) is 10.4. The molecule has 2 N–H and O–H groups in total. The van der Waals surface area contributed by atoms with Crippen LogP contribution in [-0.2, 0) is 6.18 Å². The van der Waals surface area contributed by atoms with Crippen molar-refractivity contribution in [2.45, 2.75) is 13.1 Å². The number of hydrogen-bond donors (Lipinski definition) is 2. The minimum Gasteiger partial charge on any atom is -0.416 e. The number of halogens is 3.